The summed E-state index contributed by atoms with van der Waals surface area (Å²) in [5.41, 5.74) is 4.22. The van der Waals surface area contributed by atoms with Gasteiger partial charge in [0, 0.05) is 10.6 Å². The molecule has 96 valence electrons. The SMILES string of the molecule is Nc1cc(C(F)C(F)(F)C(F)(F)F)ccc1S. The molecule has 1 aromatic rings. The minimum atomic E-state index is -5.96. The first-order valence-electron chi connectivity index (χ1n) is 4.24. The Morgan fingerprint density at radius 2 is 1.65 bits per heavy atom. The number of hydrogen-bond donors (Lipinski definition) is 2. The van der Waals surface area contributed by atoms with Gasteiger partial charge in [0.25, 0.3) is 0 Å². The van der Waals surface area contributed by atoms with E-state index >= 15 is 0 Å². The molecule has 1 rings (SSSR count). The van der Waals surface area contributed by atoms with E-state index in [1.807, 2.05) is 0 Å². The van der Waals surface area contributed by atoms with Gasteiger partial charge in [-0.25, -0.2) is 4.39 Å². The lowest BCUT2D eigenvalue weighted by Crippen LogP contribution is -2.40. The van der Waals surface area contributed by atoms with Gasteiger partial charge in [0.15, 0.2) is 6.17 Å². The predicted molar refractivity (Wildman–Crippen MR) is 53.0 cm³/mol. The van der Waals surface area contributed by atoms with Gasteiger partial charge in [0.1, 0.15) is 0 Å². The molecule has 0 aromatic heterocycles. The van der Waals surface area contributed by atoms with Gasteiger partial charge in [-0.15, -0.1) is 12.6 Å². The lowest BCUT2D eigenvalue weighted by atomic mass is 10.0. The van der Waals surface area contributed by atoms with E-state index in [1.165, 1.54) is 0 Å². The molecular formula is C9H7F6NS. The van der Waals surface area contributed by atoms with Crippen LogP contribution < -0.4 is 5.73 Å². The van der Waals surface area contributed by atoms with Gasteiger partial charge in [0.2, 0.25) is 0 Å². The van der Waals surface area contributed by atoms with E-state index in [2.05, 4.69) is 12.6 Å². The van der Waals surface area contributed by atoms with Crippen molar-refractivity contribution in [1.82, 2.24) is 0 Å². The zero-order valence-electron chi connectivity index (χ0n) is 8.10. The molecule has 1 nitrogen and oxygen atoms in total. The van der Waals surface area contributed by atoms with Crippen molar-refractivity contribution in [2.45, 2.75) is 23.2 Å². The number of thiol groups is 1. The second kappa shape index (κ2) is 4.32. The maximum absolute atomic E-state index is 13.2. The van der Waals surface area contributed by atoms with Crippen LogP contribution in [-0.2, 0) is 0 Å². The van der Waals surface area contributed by atoms with E-state index < -0.39 is 23.8 Å². The van der Waals surface area contributed by atoms with Crippen molar-refractivity contribution in [2.24, 2.45) is 0 Å². The minimum Gasteiger partial charge on any atom is -0.398 e. The molecule has 0 spiro atoms. The van der Waals surface area contributed by atoms with E-state index in [9.17, 15) is 26.3 Å². The monoisotopic (exact) mass is 275 g/mol. The summed E-state index contributed by atoms with van der Waals surface area (Å²) in [5.74, 6) is -5.46. The molecule has 17 heavy (non-hydrogen) atoms. The second-order valence-corrected chi connectivity index (χ2v) is 3.78. The summed E-state index contributed by atoms with van der Waals surface area (Å²) in [7, 11) is 0. The minimum absolute atomic E-state index is 0.163. The standard InChI is InChI=1S/C9H7F6NS/c10-7(8(11,12)9(13,14)15)4-1-2-6(17)5(16)3-4/h1-3,7,17H,16H2. The zero-order valence-corrected chi connectivity index (χ0v) is 9.00. The Hall–Kier alpha value is -1.05. The molecule has 0 bridgehead atoms. The topological polar surface area (TPSA) is 26.0 Å². The number of alkyl halides is 6. The second-order valence-electron chi connectivity index (χ2n) is 3.30. The molecule has 8 heteroatoms. The third-order valence-electron chi connectivity index (χ3n) is 2.04. The van der Waals surface area contributed by atoms with Gasteiger partial charge in [0.05, 0.1) is 0 Å². The summed E-state index contributed by atoms with van der Waals surface area (Å²) >= 11 is 3.79. The normalized spacial score (nSPS) is 14.8. The molecule has 0 aliphatic heterocycles. The highest BCUT2D eigenvalue weighted by Gasteiger charge is 2.63. The number of nitrogen functional groups attached to an aromatic ring is 1. The van der Waals surface area contributed by atoms with Crippen LogP contribution in [-0.4, -0.2) is 12.1 Å². The Bertz CT molecular complexity index is 416. The fourth-order valence-corrected chi connectivity index (χ4v) is 1.22. The van der Waals surface area contributed by atoms with Crippen LogP contribution in [0.5, 0.6) is 0 Å². The molecule has 1 aromatic carbocycles. The average Bonchev–Trinajstić information content (AvgIpc) is 2.19. The molecule has 2 N–H and O–H groups in total. The molecule has 0 aliphatic carbocycles. The summed E-state index contributed by atoms with van der Waals surface area (Å²) in [6.07, 6.45) is -9.46. The number of anilines is 1. The van der Waals surface area contributed by atoms with Crippen molar-refractivity contribution in [3.63, 3.8) is 0 Å². The number of hydrogen-bond acceptors (Lipinski definition) is 2. The summed E-state index contributed by atoms with van der Waals surface area (Å²) in [6, 6.07) is 2.53. The van der Waals surface area contributed by atoms with Gasteiger partial charge in [-0.05, 0) is 17.7 Å². The van der Waals surface area contributed by atoms with Crippen LogP contribution in [0.3, 0.4) is 0 Å². The van der Waals surface area contributed by atoms with Crippen molar-refractivity contribution < 1.29 is 26.3 Å². The maximum atomic E-state index is 13.2. The van der Waals surface area contributed by atoms with Crippen molar-refractivity contribution >= 4 is 18.3 Å². The van der Waals surface area contributed by atoms with Crippen molar-refractivity contribution in [3.05, 3.63) is 23.8 Å². The van der Waals surface area contributed by atoms with Gasteiger partial charge < -0.3 is 5.73 Å². The molecule has 0 saturated heterocycles. The molecule has 0 radical (unpaired) electrons. The fraction of sp³-hybridized carbons (Fsp3) is 0.333. The van der Waals surface area contributed by atoms with E-state index in [0.717, 1.165) is 12.1 Å². The highest BCUT2D eigenvalue weighted by Crippen LogP contribution is 2.46. The highest BCUT2D eigenvalue weighted by molar-refractivity contribution is 7.80. The van der Waals surface area contributed by atoms with Gasteiger partial charge >= 0.3 is 12.1 Å². The largest absolute Gasteiger partial charge is 0.456 e. The van der Waals surface area contributed by atoms with Crippen LogP contribution in [0.2, 0.25) is 0 Å². The Kier molecular flexibility index (Phi) is 3.56. The van der Waals surface area contributed by atoms with E-state index in [1.54, 1.807) is 0 Å². The Morgan fingerprint density at radius 3 is 2.06 bits per heavy atom. The quantitative estimate of drug-likeness (QED) is 0.479. The third-order valence-corrected chi connectivity index (χ3v) is 2.45. The molecule has 1 atom stereocenters. The zero-order chi connectivity index (χ0) is 13.4. The maximum Gasteiger partial charge on any atom is 0.456 e. The molecule has 0 amide bonds. The third kappa shape index (κ3) is 2.62. The molecular weight excluding hydrogens is 268 g/mol. The Labute approximate surface area is 98.0 Å². The van der Waals surface area contributed by atoms with Crippen LogP contribution in [0, 0.1) is 0 Å². The van der Waals surface area contributed by atoms with E-state index in [0.29, 0.717) is 6.07 Å². The molecule has 0 fully saturated rings. The van der Waals surface area contributed by atoms with E-state index in [-0.39, 0.29) is 10.6 Å². The summed E-state index contributed by atoms with van der Waals surface area (Å²) in [4.78, 5) is 0.163. The highest BCUT2D eigenvalue weighted by atomic mass is 32.1. The molecule has 0 heterocycles. The van der Waals surface area contributed by atoms with Crippen molar-refractivity contribution in [1.29, 1.82) is 0 Å². The van der Waals surface area contributed by atoms with Crippen molar-refractivity contribution in [3.8, 4) is 0 Å². The number of benzene rings is 1. The van der Waals surface area contributed by atoms with Gasteiger partial charge in [-0.2, -0.15) is 22.0 Å². The average molecular weight is 275 g/mol. The smallest absolute Gasteiger partial charge is 0.398 e. The van der Waals surface area contributed by atoms with Crippen LogP contribution in [0.25, 0.3) is 0 Å². The van der Waals surface area contributed by atoms with Crippen molar-refractivity contribution in [2.75, 3.05) is 5.73 Å². The Morgan fingerprint density at radius 1 is 1.12 bits per heavy atom. The number of rotatable bonds is 2. The fourth-order valence-electron chi connectivity index (χ4n) is 1.08. The molecule has 1 unspecified atom stereocenters. The lowest BCUT2D eigenvalue weighted by Gasteiger charge is -2.23. The first-order chi connectivity index (χ1) is 7.57. The Balaban J connectivity index is 3.12. The van der Waals surface area contributed by atoms with Crippen LogP contribution in [0.4, 0.5) is 32.0 Å². The van der Waals surface area contributed by atoms with E-state index in [4.69, 9.17) is 5.73 Å². The van der Waals surface area contributed by atoms with Gasteiger partial charge in [-0.1, -0.05) is 6.07 Å². The van der Waals surface area contributed by atoms with Crippen LogP contribution in [0.15, 0.2) is 23.1 Å². The number of halogens is 6. The first-order valence-corrected chi connectivity index (χ1v) is 4.69. The van der Waals surface area contributed by atoms with Crippen LogP contribution in [0.1, 0.15) is 11.7 Å². The van der Waals surface area contributed by atoms with Crippen LogP contribution >= 0.6 is 12.6 Å². The number of nitrogens with two attached hydrogens (primary N) is 1. The summed E-state index contributed by atoms with van der Waals surface area (Å²) in [5, 5.41) is 0. The predicted octanol–water partition coefficient (Wildman–Crippen LogP) is 3.77. The molecule has 0 saturated carbocycles. The summed E-state index contributed by atoms with van der Waals surface area (Å²) in [6.45, 7) is 0. The van der Waals surface area contributed by atoms with Gasteiger partial charge in [-0.3, -0.25) is 0 Å². The summed E-state index contributed by atoms with van der Waals surface area (Å²) < 4.78 is 74.3. The lowest BCUT2D eigenvalue weighted by molar-refractivity contribution is -0.305. The molecule has 0 aliphatic rings. The first kappa shape index (κ1) is 14.0.